The minimum atomic E-state index is -0.550. The van der Waals surface area contributed by atoms with E-state index < -0.39 is 6.10 Å². The van der Waals surface area contributed by atoms with Gasteiger partial charge in [-0.15, -0.1) is 0 Å². The number of nitrogens with one attached hydrogen (secondary N) is 1. The van der Waals surface area contributed by atoms with E-state index in [1.165, 1.54) is 11.3 Å². The van der Waals surface area contributed by atoms with Gasteiger partial charge in [-0.25, -0.2) is 0 Å². The van der Waals surface area contributed by atoms with E-state index in [4.69, 9.17) is 16.3 Å². The van der Waals surface area contributed by atoms with Crippen LogP contribution in [0.1, 0.15) is 18.9 Å². The average Bonchev–Trinajstić information content (AvgIpc) is 3.02. The average molecular weight is 359 g/mol. The van der Waals surface area contributed by atoms with Crippen LogP contribution in [0.25, 0.3) is 0 Å². The van der Waals surface area contributed by atoms with Crippen molar-refractivity contribution in [2.24, 2.45) is 0 Å². The van der Waals surface area contributed by atoms with Crippen molar-refractivity contribution in [2.45, 2.75) is 25.9 Å². The van der Waals surface area contributed by atoms with E-state index in [1.54, 1.807) is 31.2 Å². The van der Waals surface area contributed by atoms with Gasteiger partial charge in [0.05, 0.1) is 0 Å². The molecule has 1 heterocycles. The summed E-state index contributed by atoms with van der Waals surface area (Å²) in [6.07, 6.45) is 1.46. The summed E-state index contributed by atoms with van der Waals surface area (Å²) >= 11 is 5.92. The maximum Gasteiger partial charge on any atom is 0.260 e. The summed E-state index contributed by atoms with van der Waals surface area (Å²) in [6.45, 7) is 4.39. The SMILES string of the molecule is CC(Oc1cccc(Cl)c1)C(=O)NCCCN1CCc2ccccc21. The molecule has 0 aromatic heterocycles. The van der Waals surface area contributed by atoms with Gasteiger partial charge in [-0.1, -0.05) is 35.9 Å². The largest absolute Gasteiger partial charge is 0.481 e. The summed E-state index contributed by atoms with van der Waals surface area (Å²) < 4.78 is 5.63. The number of ether oxygens (including phenoxy) is 1. The maximum absolute atomic E-state index is 12.1. The van der Waals surface area contributed by atoms with E-state index in [9.17, 15) is 4.79 Å². The van der Waals surface area contributed by atoms with Crippen molar-refractivity contribution in [2.75, 3.05) is 24.5 Å². The number of nitrogens with zero attached hydrogens (tertiary/aromatic N) is 1. The van der Waals surface area contributed by atoms with Crippen molar-refractivity contribution >= 4 is 23.2 Å². The monoisotopic (exact) mass is 358 g/mol. The van der Waals surface area contributed by atoms with Gasteiger partial charge in [0.15, 0.2) is 6.10 Å². The predicted molar refractivity (Wildman–Crippen MR) is 102 cm³/mol. The highest BCUT2D eigenvalue weighted by Crippen LogP contribution is 2.27. The van der Waals surface area contributed by atoms with Gasteiger partial charge < -0.3 is 15.0 Å². The Balaban J connectivity index is 1.39. The fourth-order valence-corrected chi connectivity index (χ4v) is 3.24. The highest BCUT2D eigenvalue weighted by molar-refractivity contribution is 6.30. The fraction of sp³-hybridized carbons (Fsp3) is 0.350. The van der Waals surface area contributed by atoms with E-state index in [0.29, 0.717) is 17.3 Å². The molecule has 0 saturated carbocycles. The molecule has 0 spiro atoms. The molecule has 0 aliphatic carbocycles. The van der Waals surface area contributed by atoms with E-state index >= 15 is 0 Å². The molecule has 3 rings (SSSR count). The summed E-state index contributed by atoms with van der Waals surface area (Å²) in [5, 5.41) is 3.54. The van der Waals surface area contributed by atoms with Gasteiger partial charge in [0, 0.05) is 30.3 Å². The molecule has 0 bridgehead atoms. The lowest BCUT2D eigenvalue weighted by atomic mass is 10.2. The molecule has 0 fully saturated rings. The van der Waals surface area contributed by atoms with E-state index in [2.05, 4.69) is 34.5 Å². The lowest BCUT2D eigenvalue weighted by Gasteiger charge is -2.20. The van der Waals surface area contributed by atoms with Crippen LogP contribution in [0.3, 0.4) is 0 Å². The zero-order valence-electron chi connectivity index (χ0n) is 14.4. The molecule has 0 radical (unpaired) electrons. The van der Waals surface area contributed by atoms with Gasteiger partial charge in [0.2, 0.25) is 0 Å². The van der Waals surface area contributed by atoms with E-state index in [0.717, 1.165) is 25.9 Å². The van der Waals surface area contributed by atoms with Crippen LogP contribution in [-0.4, -0.2) is 31.6 Å². The third-order valence-corrected chi connectivity index (χ3v) is 4.60. The molecule has 25 heavy (non-hydrogen) atoms. The third kappa shape index (κ3) is 4.67. The van der Waals surface area contributed by atoms with Crippen LogP contribution in [-0.2, 0) is 11.2 Å². The Bertz CT molecular complexity index is 735. The zero-order chi connectivity index (χ0) is 17.6. The second kappa shape index (κ2) is 8.26. The van der Waals surface area contributed by atoms with Gasteiger partial charge >= 0.3 is 0 Å². The van der Waals surface area contributed by atoms with Crippen molar-refractivity contribution in [3.05, 3.63) is 59.1 Å². The molecular formula is C20H23ClN2O2. The summed E-state index contributed by atoms with van der Waals surface area (Å²) in [7, 11) is 0. The van der Waals surface area contributed by atoms with Gasteiger partial charge in [-0.05, 0) is 49.6 Å². The first-order valence-electron chi connectivity index (χ1n) is 8.66. The lowest BCUT2D eigenvalue weighted by molar-refractivity contribution is -0.127. The maximum atomic E-state index is 12.1. The Hall–Kier alpha value is -2.20. The Kier molecular flexibility index (Phi) is 5.82. The lowest BCUT2D eigenvalue weighted by Crippen LogP contribution is -2.37. The molecule has 1 aliphatic heterocycles. The number of hydrogen-bond donors (Lipinski definition) is 1. The molecule has 1 amide bonds. The fourth-order valence-electron chi connectivity index (χ4n) is 3.06. The Morgan fingerprint density at radius 1 is 1.28 bits per heavy atom. The van der Waals surface area contributed by atoms with Crippen molar-refractivity contribution in [3.63, 3.8) is 0 Å². The molecule has 4 nitrogen and oxygen atoms in total. The van der Waals surface area contributed by atoms with Gasteiger partial charge in [0.25, 0.3) is 5.91 Å². The molecule has 1 unspecified atom stereocenters. The standard InChI is InChI=1S/C20H23ClN2O2/c1-15(25-18-8-4-7-17(21)14-18)20(24)22-11-5-12-23-13-10-16-6-2-3-9-19(16)23/h2-4,6-9,14-15H,5,10-13H2,1H3,(H,22,24). The van der Waals surface area contributed by atoms with Gasteiger partial charge in [-0.2, -0.15) is 0 Å². The quantitative estimate of drug-likeness (QED) is 0.768. The minimum Gasteiger partial charge on any atom is -0.481 e. The van der Waals surface area contributed by atoms with Crippen molar-refractivity contribution in [1.82, 2.24) is 5.32 Å². The second-order valence-corrected chi connectivity index (χ2v) is 6.66. The number of anilines is 1. The van der Waals surface area contributed by atoms with Crippen LogP contribution in [0.15, 0.2) is 48.5 Å². The molecule has 1 atom stereocenters. The molecule has 132 valence electrons. The highest BCUT2D eigenvalue weighted by Gasteiger charge is 2.18. The highest BCUT2D eigenvalue weighted by atomic mass is 35.5. The van der Waals surface area contributed by atoms with Crippen LogP contribution < -0.4 is 15.0 Å². The number of carbonyl (C=O) groups excluding carboxylic acids is 1. The van der Waals surface area contributed by atoms with Crippen LogP contribution in [0.4, 0.5) is 5.69 Å². The van der Waals surface area contributed by atoms with Gasteiger partial charge in [0.1, 0.15) is 5.75 Å². The zero-order valence-corrected chi connectivity index (χ0v) is 15.1. The van der Waals surface area contributed by atoms with Crippen LogP contribution in [0.5, 0.6) is 5.75 Å². The first-order chi connectivity index (χ1) is 12.1. The Morgan fingerprint density at radius 2 is 2.12 bits per heavy atom. The van der Waals surface area contributed by atoms with E-state index in [-0.39, 0.29) is 5.91 Å². The molecule has 1 N–H and O–H groups in total. The summed E-state index contributed by atoms with van der Waals surface area (Å²) in [5.41, 5.74) is 2.74. The molecule has 5 heteroatoms. The van der Waals surface area contributed by atoms with Gasteiger partial charge in [-0.3, -0.25) is 4.79 Å². The number of amides is 1. The van der Waals surface area contributed by atoms with Crippen LogP contribution >= 0.6 is 11.6 Å². The first kappa shape index (κ1) is 17.6. The summed E-state index contributed by atoms with van der Waals surface area (Å²) in [4.78, 5) is 14.5. The van der Waals surface area contributed by atoms with Crippen LogP contribution in [0.2, 0.25) is 5.02 Å². The topological polar surface area (TPSA) is 41.6 Å². The third-order valence-electron chi connectivity index (χ3n) is 4.37. The summed E-state index contributed by atoms with van der Waals surface area (Å²) in [6, 6.07) is 15.6. The smallest absolute Gasteiger partial charge is 0.260 e. The Morgan fingerprint density at radius 3 is 2.96 bits per heavy atom. The van der Waals surface area contributed by atoms with Crippen LogP contribution in [0, 0.1) is 0 Å². The number of para-hydroxylation sites is 1. The van der Waals surface area contributed by atoms with Crippen molar-refractivity contribution < 1.29 is 9.53 Å². The molecule has 1 aliphatic rings. The number of rotatable bonds is 7. The number of hydrogen-bond acceptors (Lipinski definition) is 3. The number of halogens is 1. The number of carbonyl (C=O) groups is 1. The van der Waals surface area contributed by atoms with Crippen molar-refractivity contribution in [3.8, 4) is 5.75 Å². The summed E-state index contributed by atoms with van der Waals surface area (Å²) in [5.74, 6) is 0.491. The molecular weight excluding hydrogens is 336 g/mol. The molecule has 0 saturated heterocycles. The molecule has 2 aromatic carbocycles. The number of fused-ring (bicyclic) bond motifs is 1. The minimum absolute atomic E-state index is 0.109. The predicted octanol–water partition coefficient (Wildman–Crippen LogP) is 3.68. The Labute approximate surface area is 153 Å². The second-order valence-electron chi connectivity index (χ2n) is 6.23. The van der Waals surface area contributed by atoms with Crippen molar-refractivity contribution in [1.29, 1.82) is 0 Å². The van der Waals surface area contributed by atoms with E-state index in [1.807, 2.05) is 0 Å². The molecule has 2 aromatic rings. The number of benzene rings is 2. The normalized spacial score (nSPS) is 14.1. The first-order valence-corrected chi connectivity index (χ1v) is 9.04.